The highest BCUT2D eigenvalue weighted by Crippen LogP contribution is 2.30. The van der Waals surface area contributed by atoms with E-state index in [1.165, 1.54) is 19.4 Å². The molecule has 4 rings (SSSR count). The van der Waals surface area contributed by atoms with Crippen LogP contribution in [0, 0.1) is 5.92 Å². The lowest BCUT2D eigenvalue weighted by atomic mass is 10.0. The van der Waals surface area contributed by atoms with Crippen LogP contribution in [0.4, 0.5) is 0 Å². The SMILES string of the molecule is O=C(NC1CCN(CC2CC2)CC1)c1n[nH]c2c1CNCC2. The average molecular weight is 303 g/mol. The van der Waals surface area contributed by atoms with Crippen LogP contribution in [0.1, 0.15) is 47.4 Å². The number of nitrogens with zero attached hydrogens (tertiary/aromatic N) is 2. The zero-order chi connectivity index (χ0) is 14.9. The van der Waals surface area contributed by atoms with Gasteiger partial charge in [0.25, 0.3) is 5.91 Å². The van der Waals surface area contributed by atoms with Crippen LogP contribution in [0.3, 0.4) is 0 Å². The number of likely N-dealkylation sites (tertiary alicyclic amines) is 1. The second-order valence-electron chi connectivity index (χ2n) is 6.95. The molecule has 6 nitrogen and oxygen atoms in total. The van der Waals surface area contributed by atoms with E-state index in [0.717, 1.165) is 62.6 Å². The second kappa shape index (κ2) is 6.01. The van der Waals surface area contributed by atoms with Crippen LogP contribution in [0.25, 0.3) is 0 Å². The quantitative estimate of drug-likeness (QED) is 0.764. The van der Waals surface area contributed by atoms with Crippen LogP contribution < -0.4 is 10.6 Å². The number of aromatic nitrogens is 2. The molecule has 0 radical (unpaired) electrons. The Labute approximate surface area is 131 Å². The van der Waals surface area contributed by atoms with Gasteiger partial charge in [0.1, 0.15) is 0 Å². The Morgan fingerprint density at radius 2 is 2.09 bits per heavy atom. The van der Waals surface area contributed by atoms with E-state index in [1.807, 2.05) is 0 Å². The van der Waals surface area contributed by atoms with Crippen molar-refractivity contribution in [3.05, 3.63) is 17.0 Å². The van der Waals surface area contributed by atoms with Crippen molar-refractivity contribution in [2.45, 2.75) is 44.7 Å². The first-order chi connectivity index (χ1) is 10.8. The van der Waals surface area contributed by atoms with Gasteiger partial charge in [-0.15, -0.1) is 0 Å². The number of carbonyl (C=O) groups excluding carboxylic acids is 1. The molecule has 1 amide bonds. The van der Waals surface area contributed by atoms with Gasteiger partial charge in [0, 0.05) is 56.4 Å². The van der Waals surface area contributed by atoms with E-state index < -0.39 is 0 Å². The molecule has 0 atom stereocenters. The number of nitrogens with one attached hydrogen (secondary N) is 3. The monoisotopic (exact) mass is 303 g/mol. The maximum atomic E-state index is 12.5. The zero-order valence-corrected chi connectivity index (χ0v) is 13.0. The molecule has 2 aliphatic heterocycles. The van der Waals surface area contributed by atoms with Gasteiger partial charge >= 0.3 is 0 Å². The molecular formula is C16H25N5O. The lowest BCUT2D eigenvalue weighted by Crippen LogP contribution is -2.45. The summed E-state index contributed by atoms with van der Waals surface area (Å²) in [6.45, 7) is 5.19. The van der Waals surface area contributed by atoms with Crippen LogP contribution >= 0.6 is 0 Å². The van der Waals surface area contributed by atoms with E-state index in [1.54, 1.807) is 0 Å². The van der Waals surface area contributed by atoms with Gasteiger partial charge < -0.3 is 15.5 Å². The Kier molecular flexibility index (Phi) is 3.88. The molecule has 1 aromatic heterocycles. The number of hydrogen-bond donors (Lipinski definition) is 3. The molecule has 3 aliphatic rings. The average Bonchev–Trinajstić information content (AvgIpc) is 3.25. The molecule has 0 aromatic carbocycles. The summed E-state index contributed by atoms with van der Waals surface area (Å²) in [6.07, 6.45) is 5.87. The van der Waals surface area contributed by atoms with Gasteiger partial charge in [-0.3, -0.25) is 9.89 Å². The highest BCUT2D eigenvalue weighted by Gasteiger charge is 2.28. The molecular weight excluding hydrogens is 278 g/mol. The van der Waals surface area contributed by atoms with Crippen LogP contribution in [-0.4, -0.2) is 53.2 Å². The van der Waals surface area contributed by atoms with Crippen molar-refractivity contribution in [2.24, 2.45) is 5.92 Å². The van der Waals surface area contributed by atoms with Crippen molar-refractivity contribution < 1.29 is 4.79 Å². The Bertz CT molecular complexity index is 543. The fourth-order valence-corrected chi connectivity index (χ4v) is 3.59. The van der Waals surface area contributed by atoms with Gasteiger partial charge in [0.2, 0.25) is 0 Å². The van der Waals surface area contributed by atoms with Crippen LogP contribution in [-0.2, 0) is 13.0 Å². The van der Waals surface area contributed by atoms with Crippen molar-refractivity contribution in [1.82, 2.24) is 25.7 Å². The molecule has 1 saturated carbocycles. The molecule has 0 unspecified atom stereocenters. The minimum atomic E-state index is -0.0122. The predicted octanol–water partition coefficient (Wildman–Crippen LogP) is 0.660. The van der Waals surface area contributed by atoms with E-state index in [-0.39, 0.29) is 5.91 Å². The number of carbonyl (C=O) groups is 1. The molecule has 0 bridgehead atoms. The third-order valence-corrected chi connectivity index (χ3v) is 5.16. The first kappa shape index (κ1) is 14.2. The summed E-state index contributed by atoms with van der Waals surface area (Å²) in [5, 5.41) is 13.8. The van der Waals surface area contributed by atoms with Gasteiger partial charge in [0.05, 0.1) is 0 Å². The molecule has 2 fully saturated rings. The van der Waals surface area contributed by atoms with Gasteiger partial charge in [-0.1, -0.05) is 0 Å². The number of H-pyrrole nitrogens is 1. The van der Waals surface area contributed by atoms with E-state index in [9.17, 15) is 4.79 Å². The number of hydrogen-bond acceptors (Lipinski definition) is 4. The van der Waals surface area contributed by atoms with E-state index in [2.05, 4.69) is 25.7 Å². The molecule has 1 aliphatic carbocycles. The van der Waals surface area contributed by atoms with Gasteiger partial charge in [-0.05, 0) is 31.6 Å². The molecule has 1 saturated heterocycles. The molecule has 3 heterocycles. The predicted molar refractivity (Wildman–Crippen MR) is 83.7 cm³/mol. The van der Waals surface area contributed by atoms with E-state index in [0.29, 0.717) is 11.7 Å². The van der Waals surface area contributed by atoms with Crippen LogP contribution in [0.2, 0.25) is 0 Å². The highest BCUT2D eigenvalue weighted by molar-refractivity contribution is 5.94. The second-order valence-corrected chi connectivity index (χ2v) is 6.95. The third-order valence-electron chi connectivity index (χ3n) is 5.16. The summed E-state index contributed by atoms with van der Waals surface area (Å²) in [4.78, 5) is 15.0. The van der Waals surface area contributed by atoms with Crippen molar-refractivity contribution in [3.8, 4) is 0 Å². The van der Waals surface area contributed by atoms with E-state index >= 15 is 0 Å². The van der Waals surface area contributed by atoms with Gasteiger partial charge in [-0.2, -0.15) is 5.10 Å². The van der Waals surface area contributed by atoms with Crippen molar-refractivity contribution in [1.29, 1.82) is 0 Å². The first-order valence-corrected chi connectivity index (χ1v) is 8.59. The fourth-order valence-electron chi connectivity index (χ4n) is 3.59. The summed E-state index contributed by atoms with van der Waals surface area (Å²) < 4.78 is 0. The maximum absolute atomic E-state index is 12.5. The summed E-state index contributed by atoms with van der Waals surface area (Å²) in [7, 11) is 0. The minimum absolute atomic E-state index is 0.0122. The molecule has 0 spiro atoms. The van der Waals surface area contributed by atoms with Crippen molar-refractivity contribution >= 4 is 5.91 Å². The number of fused-ring (bicyclic) bond motifs is 1. The van der Waals surface area contributed by atoms with Crippen molar-refractivity contribution in [3.63, 3.8) is 0 Å². The van der Waals surface area contributed by atoms with Crippen molar-refractivity contribution in [2.75, 3.05) is 26.2 Å². The molecule has 120 valence electrons. The summed E-state index contributed by atoms with van der Waals surface area (Å²) >= 11 is 0. The first-order valence-electron chi connectivity index (χ1n) is 8.59. The third kappa shape index (κ3) is 3.03. The standard InChI is InChI=1S/C16H25N5O/c22-16(15-13-9-17-6-3-14(13)19-20-15)18-12-4-7-21(8-5-12)10-11-1-2-11/h11-12,17H,1-10H2,(H,18,22)(H,19,20). The number of amides is 1. The summed E-state index contributed by atoms with van der Waals surface area (Å²) in [5.41, 5.74) is 2.75. The molecule has 6 heteroatoms. The lowest BCUT2D eigenvalue weighted by Gasteiger charge is -2.32. The molecule has 1 aromatic rings. The Morgan fingerprint density at radius 1 is 1.27 bits per heavy atom. The summed E-state index contributed by atoms with van der Waals surface area (Å²) in [5.74, 6) is 0.941. The van der Waals surface area contributed by atoms with Gasteiger partial charge in [-0.25, -0.2) is 0 Å². The number of aromatic amines is 1. The Hall–Kier alpha value is -1.40. The Morgan fingerprint density at radius 3 is 2.86 bits per heavy atom. The van der Waals surface area contributed by atoms with E-state index in [4.69, 9.17) is 0 Å². The smallest absolute Gasteiger partial charge is 0.272 e. The van der Waals surface area contributed by atoms with Crippen LogP contribution in [0.15, 0.2) is 0 Å². The Balaban J connectivity index is 1.31. The highest BCUT2D eigenvalue weighted by atomic mass is 16.2. The lowest BCUT2D eigenvalue weighted by molar-refractivity contribution is 0.0903. The molecule has 3 N–H and O–H groups in total. The van der Waals surface area contributed by atoms with Gasteiger partial charge in [0.15, 0.2) is 5.69 Å². The fraction of sp³-hybridized carbons (Fsp3) is 0.750. The minimum Gasteiger partial charge on any atom is -0.348 e. The number of piperidine rings is 1. The normalized spacial score (nSPS) is 23.3. The maximum Gasteiger partial charge on any atom is 0.272 e. The topological polar surface area (TPSA) is 73.0 Å². The zero-order valence-electron chi connectivity index (χ0n) is 13.0. The molecule has 22 heavy (non-hydrogen) atoms. The summed E-state index contributed by atoms with van der Waals surface area (Å²) in [6, 6.07) is 0.298. The largest absolute Gasteiger partial charge is 0.348 e. The number of rotatable bonds is 4. The van der Waals surface area contributed by atoms with Crippen LogP contribution in [0.5, 0.6) is 0 Å².